The molecule has 2 heterocycles. The topological polar surface area (TPSA) is 59.6 Å². The maximum Gasteiger partial charge on any atom is 0.319 e. The van der Waals surface area contributed by atoms with Crippen LogP contribution in [0, 0.1) is 19.3 Å². The number of carbonyl (C=O) groups excluding carboxylic acids is 1. The molecule has 2 aliphatic heterocycles. The Hall–Kier alpha value is -1.85. The quantitative estimate of drug-likeness (QED) is 0.239. The van der Waals surface area contributed by atoms with E-state index in [1.165, 1.54) is 22.3 Å². The lowest BCUT2D eigenvalue weighted by molar-refractivity contribution is -0.166. The third-order valence-corrected chi connectivity index (χ3v) is 9.40. The van der Waals surface area contributed by atoms with E-state index < -0.39 is 5.41 Å². The van der Waals surface area contributed by atoms with Gasteiger partial charge in [-0.15, -0.1) is 0 Å². The smallest absolute Gasteiger partial charge is 0.319 e. The highest BCUT2D eigenvalue weighted by atomic mass is 16.6. The molecule has 1 unspecified atom stereocenters. The van der Waals surface area contributed by atoms with Crippen LogP contribution in [0.4, 0.5) is 0 Å². The van der Waals surface area contributed by atoms with E-state index in [1.54, 1.807) is 0 Å². The van der Waals surface area contributed by atoms with Gasteiger partial charge in [-0.1, -0.05) is 39.5 Å². The molecule has 238 valence electrons. The molecule has 1 atom stereocenters. The first-order valence-electron chi connectivity index (χ1n) is 16.1. The van der Waals surface area contributed by atoms with Crippen molar-refractivity contribution in [3.05, 3.63) is 46.7 Å². The van der Waals surface area contributed by atoms with Crippen LogP contribution in [-0.2, 0) is 26.1 Å². The van der Waals surface area contributed by atoms with Gasteiger partial charge in [-0.05, 0) is 117 Å². The molecule has 0 radical (unpaired) electrons. The number of ether oxygens (including phenoxy) is 2. The third-order valence-electron chi connectivity index (χ3n) is 9.40. The molecule has 0 bridgehead atoms. The van der Waals surface area contributed by atoms with E-state index in [-0.39, 0.29) is 45.7 Å². The van der Waals surface area contributed by atoms with E-state index in [9.17, 15) is 4.79 Å². The van der Waals surface area contributed by atoms with Crippen molar-refractivity contribution < 1.29 is 14.3 Å². The van der Waals surface area contributed by atoms with Gasteiger partial charge < -0.3 is 20.1 Å². The van der Waals surface area contributed by atoms with Gasteiger partial charge in [-0.25, -0.2) is 0 Å². The summed E-state index contributed by atoms with van der Waals surface area (Å²) in [6, 6.07) is 4.60. The first kappa shape index (κ1) is 34.6. The summed E-state index contributed by atoms with van der Waals surface area (Å²) in [6.07, 6.45) is 4.37. The fourth-order valence-electron chi connectivity index (χ4n) is 7.84. The average Bonchev–Trinajstić information content (AvgIpc) is 2.74. The second-order valence-corrected chi connectivity index (χ2v) is 17.5. The Morgan fingerprint density at radius 1 is 0.810 bits per heavy atom. The van der Waals surface area contributed by atoms with Gasteiger partial charge in [0, 0.05) is 47.8 Å². The minimum Gasteiger partial charge on any atom is -0.494 e. The van der Waals surface area contributed by atoms with Gasteiger partial charge in [-0.2, -0.15) is 0 Å². The number of hydrogen-bond acceptors (Lipinski definition) is 5. The van der Waals surface area contributed by atoms with E-state index in [2.05, 4.69) is 119 Å². The van der Waals surface area contributed by atoms with Crippen LogP contribution in [0.5, 0.6) is 0 Å². The van der Waals surface area contributed by atoms with Gasteiger partial charge in [0.25, 0.3) is 0 Å². The molecule has 3 rings (SSSR count). The van der Waals surface area contributed by atoms with Crippen molar-refractivity contribution in [2.24, 2.45) is 5.41 Å². The van der Waals surface area contributed by atoms with Gasteiger partial charge in [-0.3, -0.25) is 4.79 Å². The summed E-state index contributed by atoms with van der Waals surface area (Å²) in [4.78, 5) is 14.3. The number of hydrogen-bond donors (Lipinski definition) is 2. The number of piperidine rings is 2. The molecule has 2 N–H and O–H groups in total. The van der Waals surface area contributed by atoms with Crippen LogP contribution in [0.1, 0.15) is 137 Å². The average molecular weight is 583 g/mol. The molecule has 0 aromatic heterocycles. The highest BCUT2D eigenvalue weighted by molar-refractivity contribution is 5.79. The molecular weight excluding hydrogens is 520 g/mol. The molecule has 2 saturated heterocycles. The maximum atomic E-state index is 14.3. The number of rotatable bonds is 8. The van der Waals surface area contributed by atoms with Crippen LogP contribution < -0.4 is 10.6 Å². The summed E-state index contributed by atoms with van der Waals surface area (Å²) < 4.78 is 13.1. The molecule has 5 heteroatoms. The van der Waals surface area contributed by atoms with Crippen molar-refractivity contribution in [2.75, 3.05) is 0 Å². The van der Waals surface area contributed by atoms with Crippen LogP contribution in [0.25, 0.3) is 0 Å². The number of esters is 1. The highest BCUT2D eigenvalue weighted by Gasteiger charge is 2.46. The predicted octanol–water partition coefficient (Wildman–Crippen LogP) is 8.23. The lowest BCUT2D eigenvalue weighted by Gasteiger charge is -2.47. The molecule has 0 spiro atoms. The highest BCUT2D eigenvalue weighted by Crippen LogP contribution is 2.41. The SMILES string of the molecule is C=C(OC1CC(C)(C)NC(C)(C)C1)C(C)(CCc1cc(C)c(C)c(C(C)(C)C)c1)C(=O)OC1CC(C)(C)NC(C)(C)C1. The Labute approximate surface area is 258 Å². The molecule has 42 heavy (non-hydrogen) atoms. The number of benzene rings is 1. The van der Waals surface area contributed by atoms with Gasteiger partial charge >= 0.3 is 5.97 Å². The molecule has 2 aliphatic rings. The largest absolute Gasteiger partial charge is 0.494 e. The molecule has 0 amide bonds. The van der Waals surface area contributed by atoms with Gasteiger partial charge in [0.1, 0.15) is 23.4 Å². The normalized spacial score (nSPS) is 23.6. The fourth-order valence-corrected chi connectivity index (χ4v) is 7.84. The standard InChI is InChI=1S/C37H62N2O3/c1-24-18-27(19-30(25(24)2)32(4,5)6)16-17-37(15,26(3)41-28-20-33(7,8)38-34(9,10)21-28)31(40)42-29-22-35(11,12)39-36(13,14)23-29/h18-19,28-29,38-39H,3,16-17,20-23H2,1-2,4-15H3. The van der Waals surface area contributed by atoms with Crippen LogP contribution in [-0.4, -0.2) is 40.3 Å². The summed E-state index contributed by atoms with van der Waals surface area (Å²) in [7, 11) is 0. The number of carbonyl (C=O) groups is 1. The molecule has 5 nitrogen and oxygen atoms in total. The molecule has 1 aromatic carbocycles. The lowest BCUT2D eigenvalue weighted by atomic mass is 9.78. The Balaban J connectivity index is 1.91. The Bertz CT molecular complexity index is 1080. The fraction of sp³-hybridized carbons (Fsp3) is 0.757. The van der Waals surface area contributed by atoms with E-state index in [0.29, 0.717) is 12.2 Å². The summed E-state index contributed by atoms with van der Waals surface area (Å²) in [6.45, 7) is 35.2. The first-order valence-corrected chi connectivity index (χ1v) is 16.1. The number of aryl methyl sites for hydroxylation is 2. The summed E-state index contributed by atoms with van der Waals surface area (Å²) in [5, 5.41) is 7.43. The van der Waals surface area contributed by atoms with E-state index in [1.807, 2.05) is 6.92 Å². The Morgan fingerprint density at radius 3 is 1.67 bits per heavy atom. The summed E-state index contributed by atoms with van der Waals surface area (Å²) in [5.41, 5.74) is 3.92. The van der Waals surface area contributed by atoms with E-state index >= 15 is 0 Å². The van der Waals surface area contributed by atoms with Crippen molar-refractivity contribution in [1.82, 2.24) is 10.6 Å². The van der Waals surface area contributed by atoms with Crippen LogP contribution in [0.15, 0.2) is 24.5 Å². The van der Waals surface area contributed by atoms with Crippen LogP contribution in [0.2, 0.25) is 0 Å². The maximum absolute atomic E-state index is 14.3. The summed E-state index contributed by atoms with van der Waals surface area (Å²) >= 11 is 0. The van der Waals surface area contributed by atoms with Crippen LogP contribution in [0.3, 0.4) is 0 Å². The van der Waals surface area contributed by atoms with E-state index in [4.69, 9.17) is 9.47 Å². The predicted molar refractivity (Wildman–Crippen MR) is 176 cm³/mol. The minimum absolute atomic E-state index is 0.0262. The van der Waals surface area contributed by atoms with Crippen molar-refractivity contribution in [3.8, 4) is 0 Å². The minimum atomic E-state index is -0.973. The lowest BCUT2D eigenvalue weighted by Crippen LogP contribution is -2.60. The zero-order chi connectivity index (χ0) is 32.1. The van der Waals surface area contributed by atoms with Gasteiger partial charge in [0.15, 0.2) is 0 Å². The van der Waals surface area contributed by atoms with Gasteiger partial charge in [0.2, 0.25) is 0 Å². The second kappa shape index (κ2) is 11.6. The molecule has 0 saturated carbocycles. The molecule has 2 fully saturated rings. The molecule has 1 aromatic rings. The van der Waals surface area contributed by atoms with Crippen molar-refractivity contribution in [3.63, 3.8) is 0 Å². The van der Waals surface area contributed by atoms with Crippen molar-refractivity contribution in [2.45, 2.75) is 175 Å². The third kappa shape index (κ3) is 8.62. The Kier molecular flexibility index (Phi) is 9.55. The van der Waals surface area contributed by atoms with Crippen molar-refractivity contribution in [1.29, 1.82) is 0 Å². The molecular formula is C37H62N2O3. The second-order valence-electron chi connectivity index (χ2n) is 17.5. The van der Waals surface area contributed by atoms with Crippen LogP contribution >= 0.6 is 0 Å². The molecule has 0 aliphatic carbocycles. The van der Waals surface area contributed by atoms with E-state index in [0.717, 1.165) is 32.1 Å². The zero-order valence-electron chi connectivity index (χ0n) is 29.5. The number of nitrogens with one attached hydrogen (secondary N) is 2. The van der Waals surface area contributed by atoms with Gasteiger partial charge in [0.05, 0.1) is 0 Å². The Morgan fingerprint density at radius 2 is 1.24 bits per heavy atom. The van der Waals surface area contributed by atoms with Crippen molar-refractivity contribution >= 4 is 5.97 Å². The summed E-state index contributed by atoms with van der Waals surface area (Å²) in [5.74, 6) is 0.302. The monoisotopic (exact) mass is 582 g/mol. The first-order chi connectivity index (χ1) is 18.8. The zero-order valence-corrected chi connectivity index (χ0v) is 29.5.